The Bertz CT molecular complexity index is 559. The van der Waals surface area contributed by atoms with Gasteiger partial charge in [-0.15, -0.1) is 0 Å². The highest BCUT2D eigenvalue weighted by Crippen LogP contribution is 2.18. The summed E-state index contributed by atoms with van der Waals surface area (Å²) in [6, 6.07) is 0. The Morgan fingerprint density at radius 1 is 1.20 bits per heavy atom. The quantitative estimate of drug-likeness (QED) is 0.643. The predicted molar refractivity (Wildman–Crippen MR) is 57.8 cm³/mol. The van der Waals surface area contributed by atoms with Crippen molar-refractivity contribution in [1.29, 1.82) is 0 Å². The Labute approximate surface area is 87.4 Å². The van der Waals surface area contributed by atoms with E-state index in [0.717, 1.165) is 5.65 Å². The SMILES string of the molecule is Cn1cnc(=O)c2ncn(C(C)(C)C)c21. The maximum Gasteiger partial charge on any atom is 0.300 e. The molecule has 0 unspecified atom stereocenters. The van der Waals surface area contributed by atoms with Crippen LogP contribution in [0, 0.1) is 0 Å². The molecule has 15 heavy (non-hydrogen) atoms. The summed E-state index contributed by atoms with van der Waals surface area (Å²) in [6.07, 6.45) is 3.21. The van der Waals surface area contributed by atoms with Crippen molar-refractivity contribution in [2.75, 3.05) is 0 Å². The van der Waals surface area contributed by atoms with Gasteiger partial charge in [0.05, 0.1) is 6.33 Å². The van der Waals surface area contributed by atoms with E-state index < -0.39 is 0 Å². The lowest BCUT2D eigenvalue weighted by Gasteiger charge is -2.22. The first kappa shape index (κ1) is 9.89. The van der Waals surface area contributed by atoms with Crippen LogP contribution in [0.3, 0.4) is 0 Å². The second-order valence-corrected chi connectivity index (χ2v) is 4.62. The largest absolute Gasteiger partial charge is 0.320 e. The summed E-state index contributed by atoms with van der Waals surface area (Å²) >= 11 is 0. The number of nitrogens with zero attached hydrogens (tertiary/aromatic N) is 4. The topological polar surface area (TPSA) is 52.7 Å². The van der Waals surface area contributed by atoms with Crippen molar-refractivity contribution >= 4 is 11.2 Å². The smallest absolute Gasteiger partial charge is 0.300 e. The third-order valence-corrected chi connectivity index (χ3v) is 2.35. The molecule has 0 fully saturated rings. The number of aromatic nitrogens is 4. The van der Waals surface area contributed by atoms with Gasteiger partial charge < -0.3 is 9.13 Å². The van der Waals surface area contributed by atoms with E-state index in [9.17, 15) is 4.79 Å². The highest BCUT2D eigenvalue weighted by molar-refractivity contribution is 5.70. The van der Waals surface area contributed by atoms with Gasteiger partial charge in [0.25, 0.3) is 0 Å². The van der Waals surface area contributed by atoms with E-state index in [1.165, 1.54) is 6.33 Å². The van der Waals surface area contributed by atoms with Crippen LogP contribution < -0.4 is 5.56 Å². The lowest BCUT2D eigenvalue weighted by molar-refractivity contribution is 0.403. The van der Waals surface area contributed by atoms with Crippen LogP contribution >= 0.6 is 0 Å². The van der Waals surface area contributed by atoms with Crippen molar-refractivity contribution in [2.24, 2.45) is 7.05 Å². The van der Waals surface area contributed by atoms with Crippen molar-refractivity contribution in [1.82, 2.24) is 19.1 Å². The van der Waals surface area contributed by atoms with Crippen molar-refractivity contribution in [3.05, 3.63) is 23.0 Å². The molecule has 5 heteroatoms. The molecule has 2 heterocycles. The lowest BCUT2D eigenvalue weighted by Crippen LogP contribution is -2.23. The molecule has 0 atom stereocenters. The van der Waals surface area contributed by atoms with Gasteiger partial charge in [0.2, 0.25) is 0 Å². The number of hydrogen-bond acceptors (Lipinski definition) is 3. The monoisotopic (exact) mass is 206 g/mol. The Balaban J connectivity index is 2.92. The van der Waals surface area contributed by atoms with Crippen LogP contribution in [0.2, 0.25) is 0 Å². The molecule has 0 N–H and O–H groups in total. The molecule has 0 saturated carbocycles. The highest BCUT2D eigenvalue weighted by Gasteiger charge is 2.18. The number of rotatable bonds is 0. The standard InChI is InChI=1S/C10H14N4O/c1-10(2,3)14-6-11-7-8(15)12-5-13(4)9(7)14/h5-6H,1-4H3. The number of imidazole rings is 1. The van der Waals surface area contributed by atoms with Gasteiger partial charge in [-0.1, -0.05) is 0 Å². The first-order chi connectivity index (χ1) is 6.91. The molecule has 2 rings (SSSR count). The van der Waals surface area contributed by atoms with E-state index in [2.05, 4.69) is 30.7 Å². The van der Waals surface area contributed by atoms with E-state index in [0.29, 0.717) is 5.52 Å². The fourth-order valence-electron chi connectivity index (χ4n) is 1.58. The normalized spacial score (nSPS) is 12.3. The molecule has 2 aromatic heterocycles. The molecular weight excluding hydrogens is 192 g/mol. The number of hydrogen-bond donors (Lipinski definition) is 0. The lowest BCUT2D eigenvalue weighted by atomic mass is 10.1. The second kappa shape index (κ2) is 2.92. The zero-order valence-electron chi connectivity index (χ0n) is 9.35. The van der Waals surface area contributed by atoms with Crippen LogP contribution in [-0.4, -0.2) is 19.1 Å². The molecule has 0 amide bonds. The van der Waals surface area contributed by atoms with E-state index in [-0.39, 0.29) is 11.1 Å². The van der Waals surface area contributed by atoms with Crippen LogP contribution in [0.4, 0.5) is 0 Å². The molecule has 2 aromatic rings. The first-order valence-corrected chi connectivity index (χ1v) is 4.80. The van der Waals surface area contributed by atoms with Crippen molar-refractivity contribution < 1.29 is 0 Å². The summed E-state index contributed by atoms with van der Waals surface area (Å²) in [5, 5.41) is 0. The Hall–Kier alpha value is -1.65. The van der Waals surface area contributed by atoms with Gasteiger partial charge in [0.15, 0.2) is 5.52 Å². The number of aryl methyl sites for hydroxylation is 1. The zero-order valence-corrected chi connectivity index (χ0v) is 9.35. The fraction of sp³-hybridized carbons (Fsp3) is 0.500. The summed E-state index contributed by atoms with van der Waals surface area (Å²) in [4.78, 5) is 19.3. The van der Waals surface area contributed by atoms with E-state index in [4.69, 9.17) is 0 Å². The molecule has 5 nitrogen and oxygen atoms in total. The van der Waals surface area contributed by atoms with Crippen LogP contribution in [0.15, 0.2) is 17.4 Å². The molecule has 0 aromatic carbocycles. The zero-order chi connectivity index (χ0) is 11.2. The summed E-state index contributed by atoms with van der Waals surface area (Å²) in [5.41, 5.74) is 0.865. The third-order valence-electron chi connectivity index (χ3n) is 2.35. The highest BCUT2D eigenvalue weighted by atomic mass is 16.1. The Morgan fingerprint density at radius 2 is 1.87 bits per heavy atom. The third kappa shape index (κ3) is 1.44. The van der Waals surface area contributed by atoms with Crippen molar-refractivity contribution in [3.8, 4) is 0 Å². The minimum Gasteiger partial charge on any atom is -0.320 e. The fourth-order valence-corrected chi connectivity index (χ4v) is 1.58. The summed E-state index contributed by atoms with van der Waals surface area (Å²) in [7, 11) is 1.86. The van der Waals surface area contributed by atoms with Gasteiger partial charge in [0, 0.05) is 12.6 Å². The van der Waals surface area contributed by atoms with Gasteiger partial charge in [-0.25, -0.2) is 4.98 Å². The average Bonchev–Trinajstić information content (AvgIpc) is 2.55. The molecule has 0 radical (unpaired) electrons. The van der Waals surface area contributed by atoms with Crippen LogP contribution in [0.5, 0.6) is 0 Å². The Kier molecular flexibility index (Phi) is 1.92. The van der Waals surface area contributed by atoms with Gasteiger partial charge in [-0.2, -0.15) is 4.98 Å². The van der Waals surface area contributed by atoms with Crippen molar-refractivity contribution in [3.63, 3.8) is 0 Å². The van der Waals surface area contributed by atoms with E-state index in [1.807, 2.05) is 16.2 Å². The van der Waals surface area contributed by atoms with Gasteiger partial charge in [-0.3, -0.25) is 4.79 Å². The minimum absolute atomic E-state index is 0.0969. The minimum atomic E-state index is -0.272. The molecule has 80 valence electrons. The van der Waals surface area contributed by atoms with Crippen LogP contribution in [0.1, 0.15) is 20.8 Å². The van der Waals surface area contributed by atoms with Gasteiger partial charge >= 0.3 is 5.56 Å². The molecular formula is C10H14N4O. The molecule has 0 aliphatic rings. The molecule has 0 spiro atoms. The van der Waals surface area contributed by atoms with Gasteiger partial charge in [-0.05, 0) is 20.8 Å². The van der Waals surface area contributed by atoms with Crippen LogP contribution in [-0.2, 0) is 12.6 Å². The maximum absolute atomic E-state index is 11.5. The predicted octanol–water partition coefficient (Wildman–Crippen LogP) is 0.885. The summed E-state index contributed by atoms with van der Waals surface area (Å²) < 4.78 is 3.79. The molecule has 0 bridgehead atoms. The average molecular weight is 206 g/mol. The summed E-state index contributed by atoms with van der Waals surface area (Å²) in [5.74, 6) is 0. The van der Waals surface area contributed by atoms with E-state index in [1.54, 1.807) is 6.33 Å². The molecule has 0 aliphatic heterocycles. The maximum atomic E-state index is 11.5. The second-order valence-electron chi connectivity index (χ2n) is 4.62. The molecule has 0 saturated heterocycles. The number of fused-ring (bicyclic) bond motifs is 1. The van der Waals surface area contributed by atoms with Gasteiger partial charge in [0.1, 0.15) is 12.0 Å². The molecule has 0 aliphatic carbocycles. The Morgan fingerprint density at radius 3 is 2.47 bits per heavy atom. The van der Waals surface area contributed by atoms with E-state index >= 15 is 0 Å². The van der Waals surface area contributed by atoms with Crippen molar-refractivity contribution in [2.45, 2.75) is 26.3 Å². The van der Waals surface area contributed by atoms with Crippen LogP contribution in [0.25, 0.3) is 11.2 Å². The first-order valence-electron chi connectivity index (χ1n) is 4.80. The summed E-state index contributed by atoms with van der Waals surface area (Å²) in [6.45, 7) is 6.21.